The van der Waals surface area contributed by atoms with Gasteiger partial charge in [-0.2, -0.15) is 0 Å². The second kappa shape index (κ2) is 3.85. The van der Waals surface area contributed by atoms with Crippen LogP contribution in [0.25, 0.3) is 16.5 Å². The smallest absolute Gasteiger partial charge is 0.244 e. The zero-order valence-electron chi connectivity index (χ0n) is 9.37. The molecule has 0 radical (unpaired) electrons. The first-order chi connectivity index (χ1) is 7.59. The van der Waals surface area contributed by atoms with Gasteiger partial charge in [0, 0.05) is 16.8 Å². The second-order valence-electron chi connectivity index (χ2n) is 3.88. The summed E-state index contributed by atoms with van der Waals surface area (Å²) in [5, 5.41) is 1.13. The maximum Gasteiger partial charge on any atom is 0.244 e. The molecular weight excluding hydrogens is 200 g/mol. The number of fused-ring (bicyclic) bond motifs is 1. The molecule has 2 aromatic rings. The van der Waals surface area contributed by atoms with Crippen molar-refractivity contribution < 1.29 is 4.79 Å². The Labute approximate surface area is 94.0 Å². The zero-order chi connectivity index (χ0) is 11.7. The molecule has 1 amide bonds. The molecule has 0 aliphatic carbocycles. The van der Waals surface area contributed by atoms with Crippen LogP contribution in [0.2, 0.25) is 0 Å². The average Bonchev–Trinajstić information content (AvgIpc) is 2.70. The Morgan fingerprint density at radius 3 is 2.56 bits per heavy atom. The molecular formula is C13H14N2O. The van der Waals surface area contributed by atoms with E-state index in [4.69, 9.17) is 5.73 Å². The van der Waals surface area contributed by atoms with Gasteiger partial charge in [-0.3, -0.25) is 4.79 Å². The van der Waals surface area contributed by atoms with Gasteiger partial charge in [0.1, 0.15) is 0 Å². The second-order valence-corrected chi connectivity index (χ2v) is 3.88. The molecule has 16 heavy (non-hydrogen) atoms. The van der Waals surface area contributed by atoms with E-state index in [0.29, 0.717) is 5.57 Å². The Bertz CT molecular complexity index is 545. The van der Waals surface area contributed by atoms with Crippen LogP contribution in [0, 0.1) is 0 Å². The Kier molecular flexibility index (Phi) is 2.52. The van der Waals surface area contributed by atoms with Crippen LogP contribution < -0.4 is 5.73 Å². The molecule has 82 valence electrons. The highest BCUT2D eigenvalue weighted by Gasteiger charge is 2.07. The Balaban J connectivity index is 2.56. The van der Waals surface area contributed by atoms with Crippen LogP contribution in [0.15, 0.2) is 35.9 Å². The first-order valence-corrected chi connectivity index (χ1v) is 5.15. The molecule has 0 aliphatic rings. The Morgan fingerprint density at radius 2 is 1.94 bits per heavy atom. The number of allylic oxidation sites excluding steroid dienone is 1. The minimum atomic E-state index is -0.379. The summed E-state index contributed by atoms with van der Waals surface area (Å²) in [7, 11) is 0. The highest BCUT2D eigenvalue weighted by molar-refractivity contribution is 5.99. The molecule has 0 saturated heterocycles. The van der Waals surface area contributed by atoms with Crippen LogP contribution in [0.3, 0.4) is 0 Å². The van der Waals surface area contributed by atoms with Gasteiger partial charge in [0.05, 0.1) is 0 Å². The van der Waals surface area contributed by atoms with Gasteiger partial charge in [-0.05, 0) is 36.9 Å². The number of amides is 1. The van der Waals surface area contributed by atoms with Crippen LogP contribution in [-0.4, -0.2) is 10.9 Å². The number of H-pyrrole nitrogens is 1. The number of nitrogens with two attached hydrogens (primary N) is 1. The van der Waals surface area contributed by atoms with Crippen molar-refractivity contribution in [1.29, 1.82) is 0 Å². The lowest BCUT2D eigenvalue weighted by Gasteiger charge is -2.01. The molecule has 0 unspecified atom stereocenters. The summed E-state index contributed by atoms with van der Waals surface area (Å²) < 4.78 is 0. The number of para-hydroxylation sites is 1. The summed E-state index contributed by atoms with van der Waals surface area (Å²) in [5.41, 5.74) is 8.75. The number of aromatic nitrogens is 1. The fourth-order valence-corrected chi connectivity index (χ4v) is 1.66. The van der Waals surface area contributed by atoms with Crippen molar-refractivity contribution in [3.8, 4) is 0 Å². The van der Waals surface area contributed by atoms with Crippen LogP contribution in [0.4, 0.5) is 0 Å². The molecule has 3 heteroatoms. The monoisotopic (exact) mass is 214 g/mol. The standard InChI is InChI=1S/C13H14N2O/c1-8(9(2)13(14)16)12-7-10-5-3-4-6-11(10)15-12/h3-7,15H,1-2H3,(H2,14,16). The molecule has 0 aliphatic heterocycles. The normalized spacial score (nSPS) is 12.6. The van der Waals surface area contributed by atoms with E-state index in [1.807, 2.05) is 37.3 Å². The predicted octanol–water partition coefficient (Wildman–Crippen LogP) is 2.45. The third kappa shape index (κ3) is 1.72. The Hall–Kier alpha value is -2.03. The van der Waals surface area contributed by atoms with Crippen LogP contribution in [0.5, 0.6) is 0 Å². The molecule has 1 aromatic heterocycles. The fourth-order valence-electron chi connectivity index (χ4n) is 1.66. The van der Waals surface area contributed by atoms with Gasteiger partial charge < -0.3 is 10.7 Å². The van der Waals surface area contributed by atoms with Gasteiger partial charge >= 0.3 is 0 Å². The lowest BCUT2D eigenvalue weighted by atomic mass is 10.1. The summed E-state index contributed by atoms with van der Waals surface area (Å²) in [6, 6.07) is 10.0. The lowest BCUT2D eigenvalue weighted by molar-refractivity contribution is -0.114. The number of hydrogen-bond acceptors (Lipinski definition) is 1. The number of primary amides is 1. The number of rotatable bonds is 2. The van der Waals surface area contributed by atoms with Crippen LogP contribution in [0.1, 0.15) is 19.5 Å². The van der Waals surface area contributed by atoms with Crippen molar-refractivity contribution in [2.24, 2.45) is 5.73 Å². The van der Waals surface area contributed by atoms with Crippen molar-refractivity contribution in [3.05, 3.63) is 41.6 Å². The third-order valence-corrected chi connectivity index (χ3v) is 2.87. The molecule has 3 nitrogen and oxygen atoms in total. The van der Waals surface area contributed by atoms with Gasteiger partial charge in [-0.15, -0.1) is 0 Å². The highest BCUT2D eigenvalue weighted by Crippen LogP contribution is 2.22. The fraction of sp³-hybridized carbons (Fsp3) is 0.154. The molecule has 0 spiro atoms. The summed E-state index contributed by atoms with van der Waals surface area (Å²) in [6.07, 6.45) is 0. The molecule has 0 atom stereocenters. The first-order valence-electron chi connectivity index (χ1n) is 5.15. The summed E-state index contributed by atoms with van der Waals surface area (Å²) >= 11 is 0. The largest absolute Gasteiger partial charge is 0.366 e. The van der Waals surface area contributed by atoms with E-state index in [0.717, 1.165) is 22.2 Å². The van der Waals surface area contributed by atoms with Crippen molar-refractivity contribution in [3.63, 3.8) is 0 Å². The van der Waals surface area contributed by atoms with E-state index in [1.54, 1.807) is 6.92 Å². The SMILES string of the molecule is CC(C(N)=O)=C(C)c1cc2ccccc2[nH]1. The van der Waals surface area contributed by atoms with E-state index >= 15 is 0 Å². The van der Waals surface area contributed by atoms with Crippen LogP contribution in [-0.2, 0) is 4.79 Å². The molecule has 3 N–H and O–H groups in total. The maximum absolute atomic E-state index is 11.1. The van der Waals surface area contributed by atoms with E-state index in [-0.39, 0.29) is 5.91 Å². The molecule has 1 aromatic carbocycles. The number of carbonyl (C=O) groups excluding carboxylic acids is 1. The topological polar surface area (TPSA) is 58.9 Å². The average molecular weight is 214 g/mol. The van der Waals surface area contributed by atoms with Crippen molar-refractivity contribution in [1.82, 2.24) is 4.98 Å². The molecule has 1 heterocycles. The van der Waals surface area contributed by atoms with Gasteiger partial charge in [0.15, 0.2) is 0 Å². The first kappa shape index (κ1) is 10.5. The molecule has 2 rings (SSSR count). The van der Waals surface area contributed by atoms with E-state index in [2.05, 4.69) is 4.98 Å². The Morgan fingerprint density at radius 1 is 1.25 bits per heavy atom. The number of nitrogens with one attached hydrogen (secondary N) is 1. The summed E-state index contributed by atoms with van der Waals surface area (Å²) in [5.74, 6) is -0.379. The van der Waals surface area contributed by atoms with Crippen LogP contribution >= 0.6 is 0 Å². The predicted molar refractivity (Wildman–Crippen MR) is 65.8 cm³/mol. The quantitative estimate of drug-likeness (QED) is 0.741. The van der Waals surface area contributed by atoms with E-state index < -0.39 is 0 Å². The third-order valence-electron chi connectivity index (χ3n) is 2.87. The van der Waals surface area contributed by atoms with Gasteiger partial charge in [0.2, 0.25) is 5.91 Å². The van der Waals surface area contributed by atoms with E-state index in [1.165, 1.54) is 0 Å². The number of benzene rings is 1. The van der Waals surface area contributed by atoms with Crippen molar-refractivity contribution >= 4 is 22.4 Å². The van der Waals surface area contributed by atoms with Gasteiger partial charge in [0.25, 0.3) is 0 Å². The zero-order valence-corrected chi connectivity index (χ0v) is 9.37. The van der Waals surface area contributed by atoms with Crippen molar-refractivity contribution in [2.45, 2.75) is 13.8 Å². The minimum Gasteiger partial charge on any atom is -0.366 e. The number of aromatic amines is 1. The molecule has 0 saturated carbocycles. The van der Waals surface area contributed by atoms with E-state index in [9.17, 15) is 4.79 Å². The van der Waals surface area contributed by atoms with Gasteiger partial charge in [-0.1, -0.05) is 18.2 Å². The molecule has 0 bridgehead atoms. The molecule has 0 fully saturated rings. The minimum absolute atomic E-state index is 0.379. The maximum atomic E-state index is 11.1. The summed E-state index contributed by atoms with van der Waals surface area (Å²) in [4.78, 5) is 14.3. The lowest BCUT2D eigenvalue weighted by Crippen LogP contribution is -2.12. The number of carbonyl (C=O) groups is 1. The van der Waals surface area contributed by atoms with Gasteiger partial charge in [-0.25, -0.2) is 0 Å². The summed E-state index contributed by atoms with van der Waals surface area (Å²) in [6.45, 7) is 3.63. The van der Waals surface area contributed by atoms with Crippen molar-refractivity contribution in [2.75, 3.05) is 0 Å². The highest BCUT2D eigenvalue weighted by atomic mass is 16.1. The number of hydrogen-bond donors (Lipinski definition) is 2.